The van der Waals surface area contributed by atoms with Crippen molar-refractivity contribution in [3.05, 3.63) is 58.1 Å². The number of amides is 2. The standard InChI is InChI=1S/C19H16Cl4N2O3/c1-28-9-15(26)24-13-3-2-4-14(8-13)25-18(27)17-16(19(17,22)23)10-5-11(20)7-12(21)6-10/h2-8,16-17H,9H2,1H3,(H,24,26)(H,25,27)/t16-,17+/m0/s1. The number of anilines is 2. The molecule has 2 atom stereocenters. The first-order chi connectivity index (χ1) is 13.2. The van der Waals surface area contributed by atoms with Crippen molar-refractivity contribution in [2.75, 3.05) is 24.4 Å². The molecule has 2 aromatic rings. The number of benzene rings is 2. The Hall–Kier alpha value is -1.50. The Bertz CT molecular complexity index is 900. The van der Waals surface area contributed by atoms with Crippen LogP contribution in [0.4, 0.5) is 11.4 Å². The van der Waals surface area contributed by atoms with Crippen LogP contribution in [0.15, 0.2) is 42.5 Å². The fourth-order valence-electron chi connectivity index (χ4n) is 3.05. The van der Waals surface area contributed by atoms with E-state index in [-0.39, 0.29) is 18.4 Å². The number of ether oxygens (including phenoxy) is 1. The molecule has 2 aromatic carbocycles. The SMILES string of the molecule is COCC(=O)Nc1cccc(NC(=O)[C@H]2[C@H](c3cc(Cl)cc(Cl)c3)C2(Cl)Cl)c1. The van der Waals surface area contributed by atoms with Crippen LogP contribution in [0.3, 0.4) is 0 Å². The van der Waals surface area contributed by atoms with Gasteiger partial charge in [-0.3, -0.25) is 9.59 Å². The van der Waals surface area contributed by atoms with Gasteiger partial charge in [-0.25, -0.2) is 0 Å². The van der Waals surface area contributed by atoms with Crippen molar-refractivity contribution in [3.8, 4) is 0 Å². The second-order valence-electron chi connectivity index (χ2n) is 6.38. The molecule has 148 valence electrons. The molecular weight excluding hydrogens is 446 g/mol. The largest absolute Gasteiger partial charge is 0.375 e. The number of hydrogen-bond acceptors (Lipinski definition) is 3. The number of alkyl halides is 2. The molecule has 28 heavy (non-hydrogen) atoms. The molecule has 0 radical (unpaired) electrons. The molecule has 1 aliphatic rings. The molecule has 3 rings (SSSR count). The highest BCUT2D eigenvalue weighted by Crippen LogP contribution is 2.65. The third kappa shape index (κ3) is 4.73. The molecule has 5 nitrogen and oxygen atoms in total. The zero-order valence-corrected chi connectivity index (χ0v) is 17.7. The van der Waals surface area contributed by atoms with Gasteiger partial charge in [-0.15, -0.1) is 23.2 Å². The molecule has 0 bridgehead atoms. The predicted octanol–water partition coefficient (Wildman–Crippen LogP) is 5.10. The Kier molecular flexibility index (Phi) is 6.42. The molecule has 0 heterocycles. The second kappa shape index (κ2) is 8.47. The topological polar surface area (TPSA) is 67.4 Å². The Balaban J connectivity index is 1.72. The van der Waals surface area contributed by atoms with E-state index < -0.39 is 16.2 Å². The second-order valence-corrected chi connectivity index (χ2v) is 8.70. The maximum atomic E-state index is 12.7. The van der Waals surface area contributed by atoms with Gasteiger partial charge in [0.05, 0.1) is 5.92 Å². The van der Waals surface area contributed by atoms with Crippen LogP contribution in [0, 0.1) is 5.92 Å². The Morgan fingerprint density at radius 3 is 2.25 bits per heavy atom. The fraction of sp³-hybridized carbons (Fsp3) is 0.263. The lowest BCUT2D eigenvalue weighted by molar-refractivity contribution is -0.119. The number of hydrogen-bond donors (Lipinski definition) is 2. The molecule has 2 amide bonds. The first kappa shape index (κ1) is 21.2. The Morgan fingerprint density at radius 2 is 1.64 bits per heavy atom. The van der Waals surface area contributed by atoms with Crippen molar-refractivity contribution in [1.82, 2.24) is 0 Å². The van der Waals surface area contributed by atoms with E-state index >= 15 is 0 Å². The van der Waals surface area contributed by atoms with Crippen molar-refractivity contribution in [2.24, 2.45) is 5.92 Å². The highest BCUT2D eigenvalue weighted by Gasteiger charge is 2.67. The molecule has 2 N–H and O–H groups in total. The highest BCUT2D eigenvalue weighted by molar-refractivity contribution is 6.53. The van der Waals surface area contributed by atoms with Crippen molar-refractivity contribution in [2.45, 2.75) is 10.3 Å². The zero-order chi connectivity index (χ0) is 20.5. The van der Waals surface area contributed by atoms with E-state index in [1.165, 1.54) is 7.11 Å². The third-order valence-corrected chi connectivity index (χ3v) is 5.65. The van der Waals surface area contributed by atoms with Crippen LogP contribution < -0.4 is 10.6 Å². The summed E-state index contributed by atoms with van der Waals surface area (Å²) in [5.74, 6) is -1.74. The van der Waals surface area contributed by atoms with Gasteiger partial charge in [-0.2, -0.15) is 0 Å². The number of halogens is 4. The summed E-state index contributed by atoms with van der Waals surface area (Å²) in [5.41, 5.74) is 1.72. The summed E-state index contributed by atoms with van der Waals surface area (Å²) in [6, 6.07) is 11.7. The first-order valence-corrected chi connectivity index (χ1v) is 9.77. The molecule has 1 fully saturated rings. The van der Waals surface area contributed by atoms with E-state index in [0.717, 1.165) is 0 Å². The van der Waals surface area contributed by atoms with Crippen molar-refractivity contribution in [1.29, 1.82) is 0 Å². The lowest BCUT2D eigenvalue weighted by Gasteiger charge is -2.09. The van der Waals surface area contributed by atoms with Gasteiger partial charge in [0.2, 0.25) is 11.8 Å². The molecule has 1 aliphatic carbocycles. The summed E-state index contributed by atoms with van der Waals surface area (Å²) in [6.45, 7) is -0.0659. The molecule has 0 unspecified atom stereocenters. The van der Waals surface area contributed by atoms with E-state index in [1.807, 2.05) is 0 Å². The van der Waals surface area contributed by atoms with Crippen molar-refractivity contribution in [3.63, 3.8) is 0 Å². The summed E-state index contributed by atoms with van der Waals surface area (Å²) < 4.78 is 3.51. The number of carbonyl (C=O) groups excluding carboxylic acids is 2. The average molecular weight is 462 g/mol. The van der Waals surface area contributed by atoms with Crippen LogP contribution >= 0.6 is 46.4 Å². The minimum atomic E-state index is -1.26. The summed E-state index contributed by atoms with van der Waals surface area (Å²) in [4.78, 5) is 24.4. The molecule has 0 aliphatic heterocycles. The van der Waals surface area contributed by atoms with E-state index in [1.54, 1.807) is 42.5 Å². The lowest BCUT2D eigenvalue weighted by Crippen LogP contribution is -2.18. The molecule has 9 heteroatoms. The molecule has 0 aromatic heterocycles. The predicted molar refractivity (Wildman–Crippen MR) is 113 cm³/mol. The van der Waals surface area contributed by atoms with Gasteiger partial charge in [-0.05, 0) is 42.0 Å². The number of carbonyl (C=O) groups is 2. The van der Waals surface area contributed by atoms with Gasteiger partial charge >= 0.3 is 0 Å². The van der Waals surface area contributed by atoms with Gasteiger partial charge < -0.3 is 15.4 Å². The van der Waals surface area contributed by atoms with Gasteiger partial charge in [0.25, 0.3) is 0 Å². The van der Waals surface area contributed by atoms with Gasteiger partial charge in [0.1, 0.15) is 10.9 Å². The smallest absolute Gasteiger partial charge is 0.250 e. The minimum Gasteiger partial charge on any atom is -0.375 e. The highest BCUT2D eigenvalue weighted by atomic mass is 35.5. The number of rotatable bonds is 6. The minimum absolute atomic E-state index is 0.0659. The van der Waals surface area contributed by atoms with Gasteiger partial charge in [0.15, 0.2) is 0 Å². The van der Waals surface area contributed by atoms with Crippen molar-refractivity contribution >= 4 is 69.6 Å². The number of methoxy groups -OCH3 is 1. The van der Waals surface area contributed by atoms with Crippen molar-refractivity contribution < 1.29 is 14.3 Å². The number of nitrogens with one attached hydrogen (secondary N) is 2. The van der Waals surface area contributed by atoms with Gasteiger partial charge in [0, 0.05) is 34.4 Å². The van der Waals surface area contributed by atoms with Crippen LogP contribution in [0.5, 0.6) is 0 Å². The maximum absolute atomic E-state index is 12.7. The Labute approximate surface area is 182 Å². The summed E-state index contributed by atoms with van der Waals surface area (Å²) >= 11 is 24.8. The lowest BCUT2D eigenvalue weighted by atomic mass is 10.1. The summed E-state index contributed by atoms with van der Waals surface area (Å²) in [7, 11) is 1.43. The fourth-order valence-corrected chi connectivity index (χ4v) is 4.42. The van der Waals surface area contributed by atoms with Crippen LogP contribution in [0.25, 0.3) is 0 Å². The summed E-state index contributed by atoms with van der Waals surface area (Å²) in [5, 5.41) is 6.33. The molecule has 0 spiro atoms. The van der Waals surface area contributed by atoms with E-state index in [4.69, 9.17) is 51.1 Å². The van der Waals surface area contributed by atoms with E-state index in [9.17, 15) is 9.59 Å². The third-order valence-electron chi connectivity index (χ3n) is 4.27. The normalized spacial score (nSPS) is 19.8. The molecule has 1 saturated carbocycles. The van der Waals surface area contributed by atoms with Crippen LogP contribution in [-0.2, 0) is 14.3 Å². The first-order valence-electron chi connectivity index (χ1n) is 8.26. The van der Waals surface area contributed by atoms with E-state index in [0.29, 0.717) is 27.0 Å². The quantitative estimate of drug-likeness (QED) is 0.587. The zero-order valence-electron chi connectivity index (χ0n) is 14.6. The molecule has 0 saturated heterocycles. The monoisotopic (exact) mass is 460 g/mol. The van der Waals surface area contributed by atoms with E-state index in [2.05, 4.69) is 10.6 Å². The average Bonchev–Trinajstić information content (AvgIpc) is 3.17. The van der Waals surface area contributed by atoms with Crippen LogP contribution in [0.2, 0.25) is 10.0 Å². The van der Waals surface area contributed by atoms with Gasteiger partial charge in [-0.1, -0.05) is 29.3 Å². The maximum Gasteiger partial charge on any atom is 0.250 e. The van der Waals surface area contributed by atoms with Crippen LogP contribution in [0.1, 0.15) is 11.5 Å². The Morgan fingerprint density at radius 1 is 1.04 bits per heavy atom. The summed E-state index contributed by atoms with van der Waals surface area (Å²) in [6.07, 6.45) is 0. The van der Waals surface area contributed by atoms with Crippen LogP contribution in [-0.4, -0.2) is 29.9 Å². The molecular formula is C19H16Cl4N2O3.